The average molecular weight is 622 g/mol. The molecule has 0 saturated carbocycles. The third-order valence-corrected chi connectivity index (χ3v) is 10.8. The summed E-state index contributed by atoms with van der Waals surface area (Å²) < 4.78 is 29.0. The monoisotopic (exact) mass is 621 g/mol. The van der Waals surface area contributed by atoms with E-state index in [1.165, 1.54) is 25.8 Å². The Balaban J connectivity index is 1.57. The molecule has 5 heterocycles. The molecule has 0 amide bonds. The van der Waals surface area contributed by atoms with Gasteiger partial charge in [0.15, 0.2) is 23.0 Å². The predicted molar refractivity (Wildman–Crippen MR) is 155 cm³/mol. The minimum Gasteiger partial charge on any atom is -0.504 e. The molecule has 2 aromatic rings. The molecule has 0 radical (unpaired) electrons. The molecule has 2 aromatic carbocycles. The summed E-state index contributed by atoms with van der Waals surface area (Å²) in [5, 5.41) is 21.9. The number of hydrogen-bond donors (Lipinski definition) is 1. The second kappa shape index (κ2) is 10.3. The number of nitrogens with zero attached hydrogens (tertiary/aromatic N) is 3. The number of ketones is 1. The Hall–Kier alpha value is -3.99. The largest absolute Gasteiger partial charge is 0.504 e. The molecule has 230 valence electrons. The fourth-order valence-corrected chi connectivity index (χ4v) is 9.23. The Morgan fingerprint density at radius 1 is 1.14 bits per heavy atom. The van der Waals surface area contributed by atoms with Gasteiger partial charge in [0, 0.05) is 41.3 Å². The molecule has 5 aliphatic heterocycles. The van der Waals surface area contributed by atoms with E-state index in [1.54, 1.807) is 6.92 Å². The minimum atomic E-state index is -0.949. The number of benzene rings is 2. The summed E-state index contributed by atoms with van der Waals surface area (Å²) in [6.45, 7) is 4.65. The number of cyclic esters (lactones) is 1. The van der Waals surface area contributed by atoms with Crippen LogP contribution in [-0.4, -0.2) is 84.1 Å². The smallest absolute Gasteiger partial charge is 0.375 e. The van der Waals surface area contributed by atoms with Crippen LogP contribution in [0.2, 0.25) is 0 Å². The van der Waals surface area contributed by atoms with Crippen molar-refractivity contribution in [1.82, 2.24) is 9.80 Å². The third kappa shape index (κ3) is 3.87. The van der Waals surface area contributed by atoms with Crippen LogP contribution in [0.1, 0.15) is 57.6 Å². The number of phenolic OH excluding ortho intramolecular Hbond substituents is 1. The van der Waals surface area contributed by atoms with Crippen LogP contribution in [0.3, 0.4) is 0 Å². The van der Waals surface area contributed by atoms with Crippen LogP contribution in [0, 0.1) is 25.2 Å². The summed E-state index contributed by atoms with van der Waals surface area (Å²) in [5.74, 6) is -0.855. The number of methoxy groups -OCH3 is 1. The lowest BCUT2D eigenvalue weighted by Gasteiger charge is -2.61. The van der Waals surface area contributed by atoms with Crippen molar-refractivity contribution in [2.45, 2.75) is 62.7 Å². The van der Waals surface area contributed by atoms with E-state index in [1.807, 2.05) is 20.0 Å². The van der Waals surface area contributed by atoms with Gasteiger partial charge in [0.05, 0.1) is 36.3 Å². The average Bonchev–Trinajstić information content (AvgIpc) is 3.47. The quantitative estimate of drug-likeness (QED) is 0.298. The summed E-state index contributed by atoms with van der Waals surface area (Å²) in [6, 6.07) is 1.81. The van der Waals surface area contributed by atoms with Crippen LogP contribution in [0.5, 0.6) is 28.7 Å². The van der Waals surface area contributed by atoms with E-state index in [4.69, 9.17) is 23.7 Å². The van der Waals surface area contributed by atoms with Gasteiger partial charge < -0.3 is 28.8 Å². The van der Waals surface area contributed by atoms with E-state index in [2.05, 4.69) is 15.9 Å². The predicted octanol–water partition coefficient (Wildman–Crippen LogP) is 2.80. The Morgan fingerprint density at radius 3 is 2.59 bits per heavy atom. The number of fused-ring (bicyclic) bond motifs is 9. The van der Waals surface area contributed by atoms with Gasteiger partial charge in [0.2, 0.25) is 12.6 Å². The summed E-state index contributed by atoms with van der Waals surface area (Å²) >= 11 is 1.22. The molecule has 0 spiro atoms. The van der Waals surface area contributed by atoms with Crippen LogP contribution in [-0.2, 0) is 25.5 Å². The molecule has 5 aliphatic rings. The number of ether oxygens (including phenoxy) is 5. The number of hydrogen-bond acceptors (Lipinski definition) is 13. The number of nitriles is 1. The number of phenols is 1. The fourth-order valence-electron chi connectivity index (χ4n) is 7.90. The van der Waals surface area contributed by atoms with Crippen molar-refractivity contribution in [3.05, 3.63) is 39.4 Å². The Labute approximate surface area is 257 Å². The van der Waals surface area contributed by atoms with Gasteiger partial charge in [-0.1, -0.05) is 6.07 Å². The SMILES string of the molecule is COc1c(C)cc2c(c1O)C1[C@@H]3C4SCC(=O)C(=O)OCC(c5c6c(c(C)c(OC(C)=O)c54)OCO6)N3[C@@H](C#N)C(C2)N1C. The zero-order chi connectivity index (χ0) is 31.2. The normalized spacial score (nSPS) is 28.7. The highest BCUT2D eigenvalue weighted by molar-refractivity contribution is 8.00. The lowest BCUT2D eigenvalue weighted by molar-refractivity contribution is -0.157. The van der Waals surface area contributed by atoms with Crippen LogP contribution in [0.15, 0.2) is 6.07 Å². The van der Waals surface area contributed by atoms with Crippen LogP contribution < -0.4 is 18.9 Å². The van der Waals surface area contributed by atoms with E-state index in [0.29, 0.717) is 51.7 Å². The van der Waals surface area contributed by atoms with Crippen LogP contribution in [0.25, 0.3) is 0 Å². The topological polar surface area (TPSA) is 148 Å². The molecular weight excluding hydrogens is 590 g/mol. The van der Waals surface area contributed by atoms with E-state index in [9.17, 15) is 24.8 Å². The molecule has 1 N–H and O–H groups in total. The van der Waals surface area contributed by atoms with Crippen LogP contribution in [0.4, 0.5) is 0 Å². The van der Waals surface area contributed by atoms with Crippen molar-refractivity contribution in [2.75, 3.05) is 33.3 Å². The fraction of sp³-hybridized carbons (Fsp3) is 0.484. The number of aryl methyl sites for hydroxylation is 1. The molecule has 2 fully saturated rings. The standard InChI is InChI=1S/C31H31N3O9S/c1-12-6-15-7-16-17(8-32)34-18-9-40-31(38)19(36)10-44-30(24(34)23(33(16)4)20(15)25(37)26(12)39-5)22-21(18)29-28(41-11-42-29)13(2)27(22)43-14(3)35/h6,16-18,23-24,30,37H,7,9-11H2,1-5H3/t16?,17-,18?,23?,24+,30?/m0/s1. The first kappa shape index (κ1) is 28.8. The summed E-state index contributed by atoms with van der Waals surface area (Å²) in [7, 11) is 3.45. The van der Waals surface area contributed by atoms with Gasteiger partial charge in [0.25, 0.3) is 0 Å². The highest BCUT2D eigenvalue weighted by Crippen LogP contribution is 2.63. The summed E-state index contributed by atoms with van der Waals surface area (Å²) in [6.07, 6.45) is 0.488. The number of Topliss-reactive ketones (excluding diaryl/α,β-unsaturated/α-hetero) is 1. The lowest BCUT2D eigenvalue weighted by Crippen LogP contribution is -2.69. The number of rotatable bonds is 2. The van der Waals surface area contributed by atoms with Gasteiger partial charge in [0.1, 0.15) is 18.4 Å². The Morgan fingerprint density at radius 2 is 1.89 bits per heavy atom. The minimum absolute atomic E-state index is 0.0240. The first-order valence-electron chi connectivity index (χ1n) is 14.3. The molecule has 44 heavy (non-hydrogen) atoms. The van der Waals surface area contributed by atoms with Crippen molar-refractivity contribution in [3.63, 3.8) is 0 Å². The highest BCUT2D eigenvalue weighted by Gasteiger charge is 2.60. The zero-order valence-electron chi connectivity index (χ0n) is 24.8. The summed E-state index contributed by atoms with van der Waals surface area (Å²) in [5.41, 5.74) is 4.16. The molecule has 6 atom stereocenters. The van der Waals surface area contributed by atoms with Gasteiger partial charge in [-0.25, -0.2) is 4.79 Å². The van der Waals surface area contributed by atoms with Crippen molar-refractivity contribution < 1.29 is 43.2 Å². The number of piperazine rings is 1. The molecule has 13 heteroatoms. The van der Waals surface area contributed by atoms with Gasteiger partial charge in [-0.3, -0.25) is 19.4 Å². The van der Waals surface area contributed by atoms with E-state index in [0.717, 1.165) is 11.1 Å². The number of carbonyl (C=O) groups excluding carboxylic acids is 3. The molecule has 0 aromatic heterocycles. The number of thioether (sulfide) groups is 1. The molecular formula is C31H31N3O9S. The van der Waals surface area contributed by atoms with Gasteiger partial charge >= 0.3 is 11.9 Å². The summed E-state index contributed by atoms with van der Waals surface area (Å²) in [4.78, 5) is 42.3. The second-order valence-electron chi connectivity index (χ2n) is 11.8. The number of esters is 2. The molecule has 2 saturated heterocycles. The molecule has 0 aliphatic carbocycles. The van der Waals surface area contributed by atoms with Gasteiger partial charge in [-0.2, -0.15) is 5.26 Å². The van der Waals surface area contributed by atoms with E-state index in [-0.39, 0.29) is 30.9 Å². The Bertz CT molecular complexity index is 1690. The maximum Gasteiger partial charge on any atom is 0.375 e. The van der Waals surface area contributed by atoms with Crippen molar-refractivity contribution in [3.8, 4) is 34.8 Å². The Kier molecular flexibility index (Phi) is 6.73. The molecule has 4 bridgehead atoms. The van der Waals surface area contributed by atoms with Crippen molar-refractivity contribution >= 4 is 29.5 Å². The first-order chi connectivity index (χ1) is 21.1. The van der Waals surface area contributed by atoms with Gasteiger partial charge in [-0.15, -0.1) is 11.8 Å². The zero-order valence-corrected chi connectivity index (χ0v) is 25.6. The van der Waals surface area contributed by atoms with Gasteiger partial charge in [-0.05, 0) is 38.4 Å². The van der Waals surface area contributed by atoms with Crippen LogP contribution >= 0.6 is 11.8 Å². The highest BCUT2D eigenvalue weighted by atomic mass is 32.2. The second-order valence-corrected chi connectivity index (χ2v) is 12.9. The maximum atomic E-state index is 12.9. The molecule has 4 unspecified atom stereocenters. The number of carbonyl (C=O) groups is 3. The van der Waals surface area contributed by atoms with E-state index < -0.39 is 47.1 Å². The van der Waals surface area contributed by atoms with E-state index >= 15 is 0 Å². The maximum absolute atomic E-state index is 12.9. The van der Waals surface area contributed by atoms with Crippen molar-refractivity contribution in [2.24, 2.45) is 0 Å². The first-order valence-corrected chi connectivity index (χ1v) is 15.4. The molecule has 12 nitrogen and oxygen atoms in total. The number of aromatic hydroxyl groups is 1. The number of likely N-dealkylation sites (N-methyl/N-ethyl adjacent to an activating group) is 1. The van der Waals surface area contributed by atoms with Crippen molar-refractivity contribution in [1.29, 1.82) is 5.26 Å². The third-order valence-electron chi connectivity index (χ3n) is 9.54. The molecule has 7 rings (SSSR count). The lowest BCUT2D eigenvalue weighted by atomic mass is 9.71.